The van der Waals surface area contributed by atoms with Gasteiger partial charge < -0.3 is 9.72 Å². The molecule has 0 aliphatic heterocycles. The van der Waals surface area contributed by atoms with Gasteiger partial charge in [-0.05, 0) is 6.07 Å². The lowest BCUT2D eigenvalue weighted by atomic mass is 10.0. The van der Waals surface area contributed by atoms with Crippen LogP contribution in [0, 0.1) is 0 Å². The smallest absolute Gasteiger partial charge is 0.338 e. The van der Waals surface area contributed by atoms with Gasteiger partial charge in [0.25, 0.3) is 0 Å². The van der Waals surface area contributed by atoms with Gasteiger partial charge in [0.2, 0.25) is 5.78 Å². The molecule has 0 unspecified atom stereocenters. The first kappa shape index (κ1) is 11.1. The molecule has 0 aliphatic rings. The van der Waals surface area contributed by atoms with Crippen molar-refractivity contribution < 1.29 is 14.3 Å². The first-order valence-electron chi connectivity index (χ1n) is 4.95. The highest BCUT2D eigenvalue weighted by atomic mass is 16.5. The zero-order valence-corrected chi connectivity index (χ0v) is 9.14. The number of esters is 1. The third-order valence-corrected chi connectivity index (χ3v) is 2.29. The van der Waals surface area contributed by atoms with Gasteiger partial charge in [-0.15, -0.1) is 0 Å². The molecule has 0 bridgehead atoms. The number of H-pyrrole nitrogens is 1. The number of ether oxygens (including phenoxy) is 1. The number of carbonyl (C=O) groups is 2. The van der Waals surface area contributed by atoms with Crippen molar-refractivity contribution in [3.05, 3.63) is 53.6 Å². The third-order valence-electron chi connectivity index (χ3n) is 2.29. The Kier molecular flexibility index (Phi) is 3.00. The Morgan fingerprint density at radius 2 is 1.94 bits per heavy atom. The minimum Gasteiger partial charge on any atom is -0.465 e. The van der Waals surface area contributed by atoms with Gasteiger partial charge in [-0.2, -0.15) is 0 Å². The van der Waals surface area contributed by atoms with Crippen molar-refractivity contribution in [2.75, 3.05) is 7.11 Å². The second-order valence-electron chi connectivity index (χ2n) is 3.30. The van der Waals surface area contributed by atoms with Gasteiger partial charge in [-0.25, -0.2) is 9.78 Å². The van der Waals surface area contributed by atoms with Crippen LogP contribution < -0.4 is 0 Å². The molecule has 5 heteroatoms. The van der Waals surface area contributed by atoms with Gasteiger partial charge >= 0.3 is 5.97 Å². The molecular weight excluding hydrogens is 220 g/mol. The molecule has 2 rings (SSSR count). The Morgan fingerprint density at radius 1 is 1.24 bits per heavy atom. The van der Waals surface area contributed by atoms with E-state index in [1.54, 1.807) is 30.5 Å². The Hall–Kier alpha value is -2.43. The summed E-state index contributed by atoms with van der Waals surface area (Å²) in [5.74, 6) is -0.683. The molecule has 86 valence electrons. The molecule has 1 aromatic carbocycles. The number of nitrogens with one attached hydrogen (secondary N) is 1. The average Bonchev–Trinajstić information content (AvgIpc) is 2.91. The maximum absolute atomic E-state index is 12.0. The van der Waals surface area contributed by atoms with E-state index in [0.717, 1.165) is 0 Å². The van der Waals surface area contributed by atoms with Crippen molar-refractivity contribution in [2.45, 2.75) is 0 Å². The minimum absolute atomic E-state index is 0.196. The summed E-state index contributed by atoms with van der Waals surface area (Å²) in [5, 5.41) is 0. The van der Waals surface area contributed by atoms with E-state index < -0.39 is 5.97 Å². The number of imidazole rings is 1. The molecular formula is C12H10N2O3. The second kappa shape index (κ2) is 4.61. The van der Waals surface area contributed by atoms with E-state index in [-0.39, 0.29) is 22.7 Å². The van der Waals surface area contributed by atoms with Gasteiger partial charge in [0.15, 0.2) is 5.82 Å². The molecule has 2 aromatic rings. The van der Waals surface area contributed by atoms with Crippen LogP contribution in [0.25, 0.3) is 0 Å². The van der Waals surface area contributed by atoms with Crippen LogP contribution in [0.1, 0.15) is 26.5 Å². The number of ketones is 1. The molecule has 1 N–H and O–H groups in total. The topological polar surface area (TPSA) is 72.1 Å². The Labute approximate surface area is 97.4 Å². The normalized spacial score (nSPS) is 9.94. The highest BCUT2D eigenvalue weighted by Gasteiger charge is 2.19. The van der Waals surface area contributed by atoms with E-state index >= 15 is 0 Å². The summed E-state index contributed by atoms with van der Waals surface area (Å²) >= 11 is 0. The Balaban J connectivity index is 2.45. The minimum atomic E-state index is -0.541. The number of benzene rings is 1. The fourth-order valence-electron chi connectivity index (χ4n) is 1.49. The lowest BCUT2D eigenvalue weighted by Crippen LogP contribution is -2.12. The third kappa shape index (κ3) is 2.08. The van der Waals surface area contributed by atoms with Crippen LogP contribution >= 0.6 is 0 Å². The van der Waals surface area contributed by atoms with Crippen molar-refractivity contribution >= 4 is 11.8 Å². The summed E-state index contributed by atoms with van der Waals surface area (Å²) in [6.07, 6.45) is 3.03. The molecule has 17 heavy (non-hydrogen) atoms. The Morgan fingerprint density at radius 3 is 2.53 bits per heavy atom. The highest BCUT2D eigenvalue weighted by Crippen LogP contribution is 2.13. The number of aromatic nitrogens is 2. The molecule has 0 saturated carbocycles. The van der Waals surface area contributed by atoms with Gasteiger partial charge in [0.1, 0.15) is 0 Å². The summed E-state index contributed by atoms with van der Waals surface area (Å²) < 4.78 is 4.62. The summed E-state index contributed by atoms with van der Waals surface area (Å²) in [4.78, 5) is 30.1. The SMILES string of the molecule is COC(=O)c1ccccc1C(=O)c1ncc[nH]1. The predicted octanol–water partition coefficient (Wildman–Crippen LogP) is 1.43. The molecule has 0 aliphatic carbocycles. The molecule has 0 atom stereocenters. The van der Waals surface area contributed by atoms with Crippen molar-refractivity contribution in [3.63, 3.8) is 0 Å². The summed E-state index contributed by atoms with van der Waals surface area (Å²) in [7, 11) is 1.27. The van der Waals surface area contributed by atoms with Crippen LogP contribution in [0.2, 0.25) is 0 Å². The largest absolute Gasteiger partial charge is 0.465 e. The highest BCUT2D eigenvalue weighted by molar-refractivity contribution is 6.12. The van der Waals surface area contributed by atoms with E-state index in [0.29, 0.717) is 0 Å². The quantitative estimate of drug-likeness (QED) is 0.639. The van der Waals surface area contributed by atoms with E-state index in [2.05, 4.69) is 14.7 Å². The Bertz CT molecular complexity index is 547. The van der Waals surface area contributed by atoms with Gasteiger partial charge in [0, 0.05) is 18.0 Å². The summed E-state index contributed by atoms with van der Waals surface area (Å²) in [5.41, 5.74) is 0.505. The zero-order chi connectivity index (χ0) is 12.3. The number of hydrogen-bond donors (Lipinski definition) is 1. The standard InChI is InChI=1S/C12H10N2O3/c1-17-12(16)9-5-3-2-4-8(9)10(15)11-13-6-7-14-11/h2-7H,1H3,(H,13,14). The first-order valence-corrected chi connectivity index (χ1v) is 4.95. The van der Waals surface area contributed by atoms with Crippen LogP contribution in [0.4, 0.5) is 0 Å². The molecule has 0 radical (unpaired) electrons. The summed E-state index contributed by atoms with van der Waals surface area (Å²) in [6, 6.07) is 6.47. The monoisotopic (exact) mass is 230 g/mol. The predicted molar refractivity (Wildman–Crippen MR) is 59.8 cm³/mol. The second-order valence-corrected chi connectivity index (χ2v) is 3.30. The van der Waals surface area contributed by atoms with E-state index in [4.69, 9.17) is 0 Å². The number of carbonyl (C=O) groups excluding carboxylic acids is 2. The van der Waals surface area contributed by atoms with Crippen molar-refractivity contribution in [1.82, 2.24) is 9.97 Å². The van der Waals surface area contributed by atoms with Crippen LogP contribution in [0.3, 0.4) is 0 Å². The van der Waals surface area contributed by atoms with E-state index in [1.165, 1.54) is 13.3 Å². The maximum atomic E-state index is 12.0. The lowest BCUT2D eigenvalue weighted by molar-refractivity contribution is 0.0597. The van der Waals surface area contributed by atoms with Crippen LogP contribution in [-0.4, -0.2) is 28.8 Å². The molecule has 0 amide bonds. The van der Waals surface area contributed by atoms with Crippen molar-refractivity contribution in [3.8, 4) is 0 Å². The molecule has 0 spiro atoms. The molecule has 0 saturated heterocycles. The molecule has 1 aromatic heterocycles. The maximum Gasteiger partial charge on any atom is 0.338 e. The van der Waals surface area contributed by atoms with E-state index in [1.807, 2.05) is 0 Å². The zero-order valence-electron chi connectivity index (χ0n) is 9.14. The van der Waals surface area contributed by atoms with E-state index in [9.17, 15) is 9.59 Å². The summed E-state index contributed by atoms with van der Waals surface area (Å²) in [6.45, 7) is 0. The number of nitrogens with zero attached hydrogens (tertiary/aromatic N) is 1. The van der Waals surface area contributed by atoms with Crippen LogP contribution in [0.15, 0.2) is 36.7 Å². The number of aromatic amines is 1. The van der Waals surface area contributed by atoms with Crippen LogP contribution in [0.5, 0.6) is 0 Å². The average molecular weight is 230 g/mol. The van der Waals surface area contributed by atoms with Gasteiger partial charge in [0.05, 0.1) is 12.7 Å². The van der Waals surface area contributed by atoms with Crippen molar-refractivity contribution in [2.24, 2.45) is 0 Å². The number of hydrogen-bond acceptors (Lipinski definition) is 4. The fourth-order valence-corrected chi connectivity index (χ4v) is 1.49. The fraction of sp³-hybridized carbons (Fsp3) is 0.0833. The molecule has 5 nitrogen and oxygen atoms in total. The number of methoxy groups -OCH3 is 1. The first-order chi connectivity index (χ1) is 8.24. The van der Waals surface area contributed by atoms with Crippen molar-refractivity contribution in [1.29, 1.82) is 0 Å². The van der Waals surface area contributed by atoms with Gasteiger partial charge in [-0.3, -0.25) is 4.79 Å². The van der Waals surface area contributed by atoms with Gasteiger partial charge in [-0.1, -0.05) is 18.2 Å². The number of rotatable bonds is 3. The lowest BCUT2D eigenvalue weighted by Gasteiger charge is -2.04. The molecule has 1 heterocycles. The van der Waals surface area contributed by atoms with Crippen LogP contribution in [-0.2, 0) is 4.74 Å². The molecule has 0 fully saturated rings.